The van der Waals surface area contributed by atoms with Gasteiger partial charge in [-0.05, 0) is 51.1 Å². The third-order valence-corrected chi connectivity index (χ3v) is 4.22. The van der Waals surface area contributed by atoms with E-state index in [0.717, 1.165) is 18.0 Å². The van der Waals surface area contributed by atoms with E-state index in [1.54, 1.807) is 0 Å². The monoisotopic (exact) mass is 180 g/mol. The Morgan fingerprint density at radius 3 is 3.15 bits per heavy atom. The maximum Gasteiger partial charge on any atom is 0.0122 e. The molecule has 2 nitrogen and oxygen atoms in total. The van der Waals surface area contributed by atoms with Gasteiger partial charge in [0.2, 0.25) is 0 Å². The predicted octanol–water partition coefficient (Wildman–Crippen LogP) is 1.22. The summed E-state index contributed by atoms with van der Waals surface area (Å²) in [5, 5.41) is 3.71. The summed E-state index contributed by atoms with van der Waals surface area (Å²) < 4.78 is 0. The molecule has 0 aromatic heterocycles. The molecule has 3 atom stereocenters. The molecule has 3 rings (SSSR count). The summed E-state index contributed by atoms with van der Waals surface area (Å²) >= 11 is 0. The fourth-order valence-electron chi connectivity index (χ4n) is 3.51. The van der Waals surface area contributed by atoms with E-state index in [9.17, 15) is 0 Å². The second-order valence-corrected chi connectivity index (χ2v) is 4.99. The minimum atomic E-state index is 0.869. The van der Waals surface area contributed by atoms with E-state index in [1.165, 1.54) is 51.7 Å². The average Bonchev–Trinajstić information content (AvgIpc) is 2.61. The van der Waals surface area contributed by atoms with Gasteiger partial charge in [-0.15, -0.1) is 0 Å². The lowest BCUT2D eigenvalue weighted by Gasteiger charge is -2.43. The van der Waals surface area contributed by atoms with E-state index in [1.807, 2.05) is 0 Å². The standard InChI is InChI=1S/C11H20N2/c1-3-9-8-13-6-2-4-10(13)7-11(9)12-5-1/h9-12H,1-8H2. The van der Waals surface area contributed by atoms with E-state index < -0.39 is 0 Å². The van der Waals surface area contributed by atoms with Crippen LogP contribution in [-0.4, -0.2) is 36.6 Å². The molecular weight excluding hydrogens is 160 g/mol. The first-order chi connectivity index (χ1) is 6.43. The molecule has 3 heterocycles. The van der Waals surface area contributed by atoms with Gasteiger partial charge < -0.3 is 5.32 Å². The smallest absolute Gasteiger partial charge is 0.0122 e. The summed E-state index contributed by atoms with van der Waals surface area (Å²) in [7, 11) is 0. The van der Waals surface area contributed by atoms with Crippen LogP contribution in [0.5, 0.6) is 0 Å². The van der Waals surface area contributed by atoms with Crippen molar-refractivity contribution >= 4 is 0 Å². The predicted molar refractivity (Wildman–Crippen MR) is 53.7 cm³/mol. The maximum absolute atomic E-state index is 3.71. The average molecular weight is 180 g/mol. The Balaban J connectivity index is 1.71. The molecule has 0 radical (unpaired) electrons. The van der Waals surface area contributed by atoms with Crippen molar-refractivity contribution in [3.8, 4) is 0 Å². The summed E-state index contributed by atoms with van der Waals surface area (Å²) in [5.74, 6) is 0.975. The lowest BCUT2D eigenvalue weighted by atomic mass is 9.83. The molecule has 0 aromatic rings. The van der Waals surface area contributed by atoms with Crippen molar-refractivity contribution in [1.29, 1.82) is 0 Å². The van der Waals surface area contributed by atoms with E-state index >= 15 is 0 Å². The molecule has 1 N–H and O–H groups in total. The van der Waals surface area contributed by atoms with Crippen molar-refractivity contribution in [2.24, 2.45) is 5.92 Å². The van der Waals surface area contributed by atoms with Gasteiger partial charge in [-0.2, -0.15) is 0 Å². The molecule has 0 bridgehead atoms. The number of nitrogens with one attached hydrogen (secondary N) is 1. The second kappa shape index (κ2) is 3.25. The van der Waals surface area contributed by atoms with E-state index in [0.29, 0.717) is 0 Å². The van der Waals surface area contributed by atoms with Crippen LogP contribution in [0.2, 0.25) is 0 Å². The van der Waals surface area contributed by atoms with Gasteiger partial charge in [-0.1, -0.05) is 0 Å². The Morgan fingerprint density at radius 2 is 2.15 bits per heavy atom. The maximum atomic E-state index is 3.71. The Kier molecular flexibility index (Phi) is 2.06. The Bertz CT molecular complexity index is 173. The number of hydrogen-bond acceptors (Lipinski definition) is 2. The molecule has 3 unspecified atom stereocenters. The summed E-state index contributed by atoms with van der Waals surface area (Å²) in [6.45, 7) is 4.05. The highest BCUT2D eigenvalue weighted by atomic mass is 15.2. The van der Waals surface area contributed by atoms with Gasteiger partial charge in [0, 0.05) is 18.6 Å². The van der Waals surface area contributed by atoms with Gasteiger partial charge in [0.05, 0.1) is 0 Å². The van der Waals surface area contributed by atoms with E-state index in [2.05, 4.69) is 10.2 Å². The Morgan fingerprint density at radius 1 is 1.15 bits per heavy atom. The van der Waals surface area contributed by atoms with Crippen LogP contribution in [-0.2, 0) is 0 Å². The summed E-state index contributed by atoms with van der Waals surface area (Å²) in [4.78, 5) is 2.74. The summed E-state index contributed by atoms with van der Waals surface area (Å²) in [6, 6.07) is 1.81. The van der Waals surface area contributed by atoms with Gasteiger partial charge in [0.25, 0.3) is 0 Å². The summed E-state index contributed by atoms with van der Waals surface area (Å²) in [6.07, 6.45) is 7.22. The summed E-state index contributed by atoms with van der Waals surface area (Å²) in [5.41, 5.74) is 0. The van der Waals surface area contributed by atoms with Gasteiger partial charge in [0.15, 0.2) is 0 Å². The van der Waals surface area contributed by atoms with Crippen molar-refractivity contribution < 1.29 is 0 Å². The zero-order chi connectivity index (χ0) is 8.67. The Hall–Kier alpha value is -0.0800. The minimum absolute atomic E-state index is 0.869. The van der Waals surface area contributed by atoms with Crippen LogP contribution in [0.3, 0.4) is 0 Å². The molecule has 0 aromatic carbocycles. The van der Waals surface area contributed by atoms with Crippen molar-refractivity contribution in [1.82, 2.24) is 10.2 Å². The molecule has 3 aliphatic rings. The van der Waals surface area contributed by atoms with Crippen LogP contribution in [0.4, 0.5) is 0 Å². The number of hydrogen-bond donors (Lipinski definition) is 1. The molecule has 2 heteroatoms. The van der Waals surface area contributed by atoms with Crippen LogP contribution >= 0.6 is 0 Å². The molecule has 0 aliphatic carbocycles. The van der Waals surface area contributed by atoms with E-state index in [4.69, 9.17) is 0 Å². The molecule has 0 spiro atoms. The lowest BCUT2D eigenvalue weighted by molar-refractivity contribution is 0.0909. The molecular formula is C11H20N2. The number of nitrogens with zero attached hydrogens (tertiary/aromatic N) is 1. The number of fused-ring (bicyclic) bond motifs is 2. The van der Waals surface area contributed by atoms with Gasteiger partial charge in [0.1, 0.15) is 0 Å². The molecule has 74 valence electrons. The Labute approximate surface area is 80.7 Å². The highest BCUT2D eigenvalue weighted by molar-refractivity contribution is 4.95. The molecule has 0 saturated carbocycles. The zero-order valence-electron chi connectivity index (χ0n) is 8.34. The fraction of sp³-hybridized carbons (Fsp3) is 1.00. The topological polar surface area (TPSA) is 15.3 Å². The van der Waals surface area contributed by atoms with Gasteiger partial charge >= 0.3 is 0 Å². The molecule has 3 saturated heterocycles. The fourth-order valence-corrected chi connectivity index (χ4v) is 3.51. The molecule has 3 aliphatic heterocycles. The van der Waals surface area contributed by atoms with Gasteiger partial charge in [-0.25, -0.2) is 0 Å². The van der Waals surface area contributed by atoms with Crippen LogP contribution in [0.15, 0.2) is 0 Å². The second-order valence-electron chi connectivity index (χ2n) is 4.99. The van der Waals surface area contributed by atoms with Gasteiger partial charge in [-0.3, -0.25) is 4.90 Å². The SMILES string of the molecule is C1CNC2CC3CCCN3CC2C1. The van der Waals surface area contributed by atoms with Crippen molar-refractivity contribution in [2.75, 3.05) is 19.6 Å². The third kappa shape index (κ3) is 1.40. The highest BCUT2D eigenvalue weighted by Gasteiger charge is 2.38. The first kappa shape index (κ1) is 8.25. The number of piperidine rings is 2. The number of rotatable bonds is 0. The third-order valence-electron chi connectivity index (χ3n) is 4.22. The van der Waals surface area contributed by atoms with Crippen LogP contribution in [0.25, 0.3) is 0 Å². The first-order valence-corrected chi connectivity index (χ1v) is 5.91. The van der Waals surface area contributed by atoms with Crippen LogP contribution in [0.1, 0.15) is 32.1 Å². The van der Waals surface area contributed by atoms with Crippen molar-refractivity contribution in [3.63, 3.8) is 0 Å². The first-order valence-electron chi connectivity index (χ1n) is 5.91. The molecule has 13 heavy (non-hydrogen) atoms. The normalized spacial score (nSPS) is 45.7. The van der Waals surface area contributed by atoms with E-state index in [-0.39, 0.29) is 0 Å². The van der Waals surface area contributed by atoms with Crippen molar-refractivity contribution in [3.05, 3.63) is 0 Å². The van der Waals surface area contributed by atoms with Crippen LogP contribution in [0, 0.1) is 5.92 Å². The van der Waals surface area contributed by atoms with Crippen LogP contribution < -0.4 is 5.32 Å². The zero-order valence-corrected chi connectivity index (χ0v) is 8.34. The minimum Gasteiger partial charge on any atom is -0.314 e. The largest absolute Gasteiger partial charge is 0.314 e. The highest BCUT2D eigenvalue weighted by Crippen LogP contribution is 2.33. The molecule has 0 amide bonds. The molecule has 3 fully saturated rings. The van der Waals surface area contributed by atoms with Crippen molar-refractivity contribution in [2.45, 2.75) is 44.2 Å². The quantitative estimate of drug-likeness (QED) is 0.603. The lowest BCUT2D eigenvalue weighted by Crippen LogP contribution is -2.54.